The molecule has 23 heavy (non-hydrogen) atoms. The van der Waals surface area contributed by atoms with Gasteiger partial charge in [0.2, 0.25) is 5.91 Å². The molecule has 0 fully saturated rings. The van der Waals surface area contributed by atoms with E-state index in [1.54, 1.807) is 18.2 Å². The molecule has 0 aliphatic carbocycles. The third-order valence-electron chi connectivity index (χ3n) is 3.27. The van der Waals surface area contributed by atoms with Crippen LogP contribution in [-0.4, -0.2) is 41.3 Å². The van der Waals surface area contributed by atoms with Crippen LogP contribution in [0.15, 0.2) is 18.2 Å². The SMILES string of the molecule is COc1ccc(C[C@H](NC(=O)[C@H](O)CC(C)C)C(=O)O)cc1Cl. The second-order valence-electron chi connectivity index (χ2n) is 5.72. The van der Waals surface area contributed by atoms with E-state index in [2.05, 4.69) is 5.32 Å². The maximum atomic E-state index is 11.9. The molecule has 0 heterocycles. The van der Waals surface area contributed by atoms with Gasteiger partial charge < -0.3 is 20.3 Å². The first-order valence-corrected chi connectivity index (χ1v) is 7.66. The molecule has 7 heteroatoms. The van der Waals surface area contributed by atoms with Crippen molar-refractivity contribution in [3.63, 3.8) is 0 Å². The monoisotopic (exact) mass is 343 g/mol. The lowest BCUT2D eigenvalue weighted by Gasteiger charge is -2.18. The van der Waals surface area contributed by atoms with E-state index in [-0.39, 0.29) is 18.8 Å². The van der Waals surface area contributed by atoms with Gasteiger partial charge in [-0.25, -0.2) is 4.79 Å². The smallest absolute Gasteiger partial charge is 0.326 e. The number of carboxylic acid groups (broad SMARTS) is 1. The van der Waals surface area contributed by atoms with E-state index in [9.17, 15) is 19.8 Å². The zero-order valence-electron chi connectivity index (χ0n) is 13.4. The Hall–Kier alpha value is -1.79. The summed E-state index contributed by atoms with van der Waals surface area (Å²) in [5.41, 5.74) is 0.641. The predicted molar refractivity (Wildman–Crippen MR) is 86.7 cm³/mol. The Labute approximate surface area is 140 Å². The molecule has 1 rings (SSSR count). The maximum Gasteiger partial charge on any atom is 0.326 e. The zero-order valence-corrected chi connectivity index (χ0v) is 14.1. The highest BCUT2D eigenvalue weighted by atomic mass is 35.5. The largest absolute Gasteiger partial charge is 0.495 e. The van der Waals surface area contributed by atoms with Crippen molar-refractivity contribution in [2.45, 2.75) is 38.8 Å². The van der Waals surface area contributed by atoms with Crippen LogP contribution in [0.1, 0.15) is 25.8 Å². The predicted octanol–water partition coefficient (Wildman–Crippen LogP) is 1.87. The lowest BCUT2D eigenvalue weighted by Crippen LogP contribution is -2.46. The molecule has 2 atom stereocenters. The van der Waals surface area contributed by atoms with Crippen molar-refractivity contribution in [2.75, 3.05) is 7.11 Å². The molecule has 1 aromatic carbocycles. The normalized spacial score (nSPS) is 13.5. The van der Waals surface area contributed by atoms with Crippen LogP contribution in [-0.2, 0) is 16.0 Å². The van der Waals surface area contributed by atoms with Crippen molar-refractivity contribution in [1.29, 1.82) is 0 Å². The molecule has 6 nitrogen and oxygen atoms in total. The number of carboxylic acids is 1. The summed E-state index contributed by atoms with van der Waals surface area (Å²) < 4.78 is 5.03. The van der Waals surface area contributed by atoms with Gasteiger partial charge in [-0.1, -0.05) is 31.5 Å². The van der Waals surface area contributed by atoms with Gasteiger partial charge in [0.05, 0.1) is 12.1 Å². The topological polar surface area (TPSA) is 95.9 Å². The Balaban J connectivity index is 2.78. The van der Waals surface area contributed by atoms with Crippen LogP contribution in [0.25, 0.3) is 0 Å². The number of rotatable bonds is 8. The molecule has 0 spiro atoms. The summed E-state index contributed by atoms with van der Waals surface area (Å²) in [7, 11) is 1.48. The average molecular weight is 344 g/mol. The van der Waals surface area contributed by atoms with Gasteiger partial charge in [-0.15, -0.1) is 0 Å². The minimum absolute atomic E-state index is 0.0547. The fourth-order valence-corrected chi connectivity index (χ4v) is 2.37. The Bertz CT molecular complexity index is 561. The van der Waals surface area contributed by atoms with Gasteiger partial charge in [0, 0.05) is 6.42 Å². The van der Waals surface area contributed by atoms with Crippen LogP contribution < -0.4 is 10.1 Å². The van der Waals surface area contributed by atoms with Crippen molar-refractivity contribution in [3.8, 4) is 5.75 Å². The lowest BCUT2D eigenvalue weighted by atomic mass is 10.0. The van der Waals surface area contributed by atoms with Crippen molar-refractivity contribution in [3.05, 3.63) is 28.8 Å². The summed E-state index contributed by atoms with van der Waals surface area (Å²) >= 11 is 6.01. The van der Waals surface area contributed by atoms with Gasteiger partial charge in [0.1, 0.15) is 17.9 Å². The van der Waals surface area contributed by atoms with Crippen LogP contribution in [0.3, 0.4) is 0 Å². The standard InChI is InChI=1S/C16H22ClNO5/c1-9(2)6-13(19)15(20)18-12(16(21)22)8-10-4-5-14(23-3)11(17)7-10/h4-5,7,9,12-13,19H,6,8H2,1-3H3,(H,18,20)(H,21,22)/t12-,13+/m0/s1. The molecular formula is C16H22ClNO5. The van der Waals surface area contributed by atoms with E-state index in [0.717, 1.165) is 0 Å². The molecular weight excluding hydrogens is 322 g/mol. The first-order chi connectivity index (χ1) is 10.7. The number of hydrogen-bond acceptors (Lipinski definition) is 4. The number of ether oxygens (including phenoxy) is 1. The van der Waals surface area contributed by atoms with Crippen molar-refractivity contribution < 1.29 is 24.5 Å². The highest BCUT2D eigenvalue weighted by Gasteiger charge is 2.25. The summed E-state index contributed by atoms with van der Waals surface area (Å²) in [5.74, 6) is -1.26. The van der Waals surface area contributed by atoms with E-state index < -0.39 is 24.0 Å². The first kappa shape index (κ1) is 19.3. The fourth-order valence-electron chi connectivity index (χ4n) is 2.09. The van der Waals surface area contributed by atoms with Crippen LogP contribution in [0, 0.1) is 5.92 Å². The fraction of sp³-hybridized carbons (Fsp3) is 0.500. The summed E-state index contributed by atoms with van der Waals surface area (Å²) in [4.78, 5) is 23.2. The molecule has 1 aromatic rings. The van der Waals surface area contributed by atoms with Crippen LogP contribution in [0.5, 0.6) is 5.75 Å². The molecule has 0 saturated heterocycles. The summed E-state index contributed by atoms with van der Waals surface area (Å²) in [6.07, 6.45) is -0.901. The van der Waals surface area contributed by atoms with Gasteiger partial charge in [-0.3, -0.25) is 4.79 Å². The minimum Gasteiger partial charge on any atom is -0.495 e. The van der Waals surface area contributed by atoms with Crippen LogP contribution in [0.2, 0.25) is 5.02 Å². The number of aliphatic hydroxyl groups is 1. The van der Waals surface area contributed by atoms with Gasteiger partial charge in [0.25, 0.3) is 0 Å². The number of carbonyl (C=O) groups excluding carboxylic acids is 1. The van der Waals surface area contributed by atoms with Gasteiger partial charge >= 0.3 is 5.97 Å². The van der Waals surface area contributed by atoms with E-state index >= 15 is 0 Å². The van der Waals surface area contributed by atoms with Gasteiger partial charge in [-0.05, 0) is 30.0 Å². The Kier molecular flexibility index (Phi) is 7.32. The number of amides is 1. The van der Waals surface area contributed by atoms with Gasteiger partial charge in [0.15, 0.2) is 0 Å². The molecule has 0 aliphatic heterocycles. The molecule has 0 bridgehead atoms. The number of methoxy groups -OCH3 is 1. The summed E-state index contributed by atoms with van der Waals surface area (Å²) in [5, 5.41) is 21.7. The number of benzene rings is 1. The average Bonchev–Trinajstić information content (AvgIpc) is 2.45. The molecule has 0 saturated carbocycles. The van der Waals surface area contributed by atoms with E-state index in [4.69, 9.17) is 16.3 Å². The molecule has 3 N–H and O–H groups in total. The molecule has 128 valence electrons. The zero-order chi connectivity index (χ0) is 17.6. The van der Waals surface area contributed by atoms with Crippen molar-refractivity contribution in [2.24, 2.45) is 5.92 Å². The molecule has 0 aromatic heterocycles. The Morgan fingerprint density at radius 3 is 2.48 bits per heavy atom. The number of halogens is 1. The highest BCUT2D eigenvalue weighted by molar-refractivity contribution is 6.32. The maximum absolute atomic E-state index is 11.9. The first-order valence-electron chi connectivity index (χ1n) is 7.28. The number of aliphatic carboxylic acids is 1. The third-order valence-corrected chi connectivity index (χ3v) is 3.56. The van der Waals surface area contributed by atoms with E-state index in [1.807, 2.05) is 13.8 Å². The number of hydrogen-bond donors (Lipinski definition) is 3. The number of aliphatic hydroxyl groups excluding tert-OH is 1. The molecule has 1 amide bonds. The molecule has 0 aliphatic rings. The number of nitrogens with one attached hydrogen (secondary N) is 1. The third kappa shape index (κ3) is 6.08. The van der Waals surface area contributed by atoms with E-state index in [1.165, 1.54) is 7.11 Å². The minimum atomic E-state index is -1.23. The molecule has 0 unspecified atom stereocenters. The Morgan fingerprint density at radius 2 is 2.00 bits per heavy atom. The summed E-state index contributed by atoms with van der Waals surface area (Å²) in [6, 6.07) is 3.75. The van der Waals surface area contributed by atoms with Crippen molar-refractivity contribution >= 4 is 23.5 Å². The number of carbonyl (C=O) groups is 2. The lowest BCUT2D eigenvalue weighted by molar-refractivity contribution is -0.143. The molecule has 0 radical (unpaired) electrons. The van der Waals surface area contributed by atoms with Gasteiger partial charge in [-0.2, -0.15) is 0 Å². The second kappa shape index (κ2) is 8.74. The highest BCUT2D eigenvalue weighted by Crippen LogP contribution is 2.25. The van der Waals surface area contributed by atoms with Crippen molar-refractivity contribution in [1.82, 2.24) is 5.32 Å². The second-order valence-corrected chi connectivity index (χ2v) is 6.12. The quantitative estimate of drug-likeness (QED) is 0.669. The van der Waals surface area contributed by atoms with E-state index in [0.29, 0.717) is 16.3 Å². The summed E-state index contributed by atoms with van der Waals surface area (Å²) in [6.45, 7) is 3.73. The van der Waals surface area contributed by atoms with Crippen LogP contribution >= 0.6 is 11.6 Å². The van der Waals surface area contributed by atoms with Crippen LogP contribution in [0.4, 0.5) is 0 Å². The Morgan fingerprint density at radius 1 is 1.35 bits per heavy atom.